The van der Waals surface area contributed by atoms with E-state index in [1.807, 2.05) is 26.0 Å². The van der Waals surface area contributed by atoms with Crippen LogP contribution in [0.4, 0.5) is 0 Å². The maximum Gasteiger partial charge on any atom is 0.137 e. The lowest BCUT2D eigenvalue weighted by atomic mass is 10.1. The van der Waals surface area contributed by atoms with E-state index in [-0.39, 0.29) is 0 Å². The van der Waals surface area contributed by atoms with Gasteiger partial charge in [0.2, 0.25) is 0 Å². The van der Waals surface area contributed by atoms with Crippen molar-refractivity contribution in [1.82, 2.24) is 0 Å². The largest absolute Gasteiger partial charge is 0.492 e. The number of aryl methyl sites for hydroxylation is 1. The van der Waals surface area contributed by atoms with E-state index in [2.05, 4.69) is 12.6 Å². The van der Waals surface area contributed by atoms with E-state index >= 15 is 0 Å². The van der Waals surface area contributed by atoms with E-state index in [9.17, 15) is 0 Å². The van der Waals surface area contributed by atoms with Gasteiger partial charge in [0.25, 0.3) is 0 Å². The van der Waals surface area contributed by atoms with Gasteiger partial charge in [-0.25, -0.2) is 0 Å². The molecular weight excluding hydrogens is 208 g/mol. The maximum atomic E-state index is 6.08. The Kier molecular flexibility index (Phi) is 4.70. The molecule has 2 heteroatoms. The molecule has 1 aromatic carbocycles. The molecule has 0 amide bonds. The molecule has 0 heterocycles. The molecule has 0 spiro atoms. The van der Waals surface area contributed by atoms with Crippen LogP contribution >= 0.6 is 11.6 Å². The summed E-state index contributed by atoms with van der Waals surface area (Å²) in [5, 5.41) is 0.691. The van der Waals surface area contributed by atoms with Crippen LogP contribution in [-0.2, 0) is 6.42 Å². The molecule has 1 rings (SSSR count). The predicted octanol–water partition coefficient (Wildman–Crippen LogP) is 4.25. The molecular formula is C13H17ClO. The van der Waals surface area contributed by atoms with Gasteiger partial charge in [-0.05, 0) is 44.4 Å². The first kappa shape index (κ1) is 12.1. The van der Waals surface area contributed by atoms with Gasteiger partial charge in [0.1, 0.15) is 5.75 Å². The Hall–Kier alpha value is -0.950. The van der Waals surface area contributed by atoms with Crippen molar-refractivity contribution in [2.45, 2.75) is 26.7 Å². The zero-order chi connectivity index (χ0) is 11.3. The van der Waals surface area contributed by atoms with Crippen LogP contribution in [0, 0.1) is 0 Å². The molecule has 0 aliphatic rings. The molecule has 0 bridgehead atoms. The van der Waals surface area contributed by atoms with Crippen LogP contribution in [0.5, 0.6) is 5.75 Å². The Morgan fingerprint density at radius 3 is 2.73 bits per heavy atom. The number of benzene rings is 1. The van der Waals surface area contributed by atoms with Gasteiger partial charge >= 0.3 is 0 Å². The second-order valence-corrected chi connectivity index (χ2v) is 4.06. The highest BCUT2D eigenvalue weighted by Gasteiger charge is 2.02. The average Bonchev–Trinajstić information content (AvgIpc) is 2.19. The van der Waals surface area contributed by atoms with Crippen LogP contribution in [-0.4, -0.2) is 6.61 Å². The second-order valence-electron chi connectivity index (χ2n) is 3.65. The van der Waals surface area contributed by atoms with Gasteiger partial charge < -0.3 is 4.74 Å². The van der Waals surface area contributed by atoms with Gasteiger partial charge in [0.05, 0.1) is 11.6 Å². The highest BCUT2D eigenvalue weighted by Crippen LogP contribution is 2.26. The smallest absolute Gasteiger partial charge is 0.137 e. The fourth-order valence-corrected chi connectivity index (χ4v) is 1.59. The molecule has 1 nitrogen and oxygen atoms in total. The monoisotopic (exact) mass is 224 g/mol. The quantitative estimate of drug-likeness (QED) is 0.680. The number of rotatable bonds is 5. The van der Waals surface area contributed by atoms with Crippen molar-refractivity contribution in [3.05, 3.63) is 40.9 Å². The standard InChI is InChI=1S/C13H17ClO/c1-4-15-13-8-7-11(9-12(13)14)6-5-10(2)3/h7-9H,2,4-6H2,1,3H3. The molecule has 0 saturated heterocycles. The third-order valence-corrected chi connectivity index (χ3v) is 2.43. The molecule has 0 radical (unpaired) electrons. The lowest BCUT2D eigenvalue weighted by Gasteiger charge is -2.07. The molecule has 0 fully saturated rings. The van der Waals surface area contributed by atoms with Crippen molar-refractivity contribution in [3.63, 3.8) is 0 Å². The van der Waals surface area contributed by atoms with Crippen molar-refractivity contribution in [2.75, 3.05) is 6.61 Å². The fourth-order valence-electron chi connectivity index (χ4n) is 1.33. The van der Waals surface area contributed by atoms with Crippen LogP contribution in [0.15, 0.2) is 30.4 Å². The summed E-state index contributed by atoms with van der Waals surface area (Å²) in [5.41, 5.74) is 2.42. The van der Waals surface area contributed by atoms with Gasteiger partial charge in [-0.2, -0.15) is 0 Å². The first-order valence-corrected chi connectivity index (χ1v) is 5.57. The predicted molar refractivity (Wildman–Crippen MR) is 65.8 cm³/mol. The number of allylic oxidation sites excluding steroid dienone is 1. The zero-order valence-corrected chi connectivity index (χ0v) is 10.1. The number of hydrogen-bond acceptors (Lipinski definition) is 1. The molecule has 0 aliphatic carbocycles. The van der Waals surface area contributed by atoms with Gasteiger partial charge in [0.15, 0.2) is 0 Å². The highest BCUT2D eigenvalue weighted by atomic mass is 35.5. The van der Waals surface area contributed by atoms with Crippen molar-refractivity contribution in [2.24, 2.45) is 0 Å². The summed E-state index contributed by atoms with van der Waals surface area (Å²) in [6.45, 7) is 8.51. The first-order valence-electron chi connectivity index (χ1n) is 5.19. The number of hydrogen-bond donors (Lipinski definition) is 0. The third kappa shape index (κ3) is 3.96. The fraction of sp³-hybridized carbons (Fsp3) is 0.385. The summed E-state index contributed by atoms with van der Waals surface area (Å²) in [6.07, 6.45) is 1.99. The van der Waals surface area contributed by atoms with E-state index in [0.29, 0.717) is 11.6 Å². The highest BCUT2D eigenvalue weighted by molar-refractivity contribution is 6.32. The molecule has 0 unspecified atom stereocenters. The molecule has 15 heavy (non-hydrogen) atoms. The number of ether oxygens (including phenoxy) is 1. The number of halogens is 1. The van der Waals surface area contributed by atoms with E-state index in [1.54, 1.807) is 0 Å². The molecule has 0 aliphatic heterocycles. The van der Waals surface area contributed by atoms with Crippen LogP contribution in [0.3, 0.4) is 0 Å². The van der Waals surface area contributed by atoms with Gasteiger partial charge in [-0.3, -0.25) is 0 Å². The Labute approximate surface area is 96.7 Å². The lowest BCUT2D eigenvalue weighted by molar-refractivity contribution is 0.340. The Morgan fingerprint density at radius 2 is 2.20 bits per heavy atom. The average molecular weight is 225 g/mol. The van der Waals surface area contributed by atoms with Crippen molar-refractivity contribution in [3.8, 4) is 5.75 Å². The van der Waals surface area contributed by atoms with Crippen LogP contribution in [0.1, 0.15) is 25.8 Å². The first-order chi connectivity index (χ1) is 7.13. The molecule has 0 N–H and O–H groups in total. The summed E-state index contributed by atoms with van der Waals surface area (Å²) in [7, 11) is 0. The van der Waals surface area contributed by atoms with Gasteiger partial charge in [-0.1, -0.05) is 23.2 Å². The minimum Gasteiger partial charge on any atom is -0.492 e. The zero-order valence-electron chi connectivity index (χ0n) is 9.35. The minimum absolute atomic E-state index is 0.644. The summed E-state index contributed by atoms with van der Waals surface area (Å²) in [6, 6.07) is 5.95. The van der Waals surface area contributed by atoms with Crippen LogP contribution in [0.25, 0.3) is 0 Å². The Bertz CT molecular complexity index is 344. The van der Waals surface area contributed by atoms with Crippen LogP contribution < -0.4 is 4.74 Å². The van der Waals surface area contributed by atoms with E-state index in [0.717, 1.165) is 18.6 Å². The lowest BCUT2D eigenvalue weighted by Crippen LogP contribution is -1.93. The van der Waals surface area contributed by atoms with Gasteiger partial charge in [0, 0.05) is 0 Å². The Balaban J connectivity index is 2.68. The van der Waals surface area contributed by atoms with Crippen LogP contribution in [0.2, 0.25) is 5.02 Å². The normalized spacial score (nSPS) is 10.1. The molecule has 1 aromatic rings. The minimum atomic E-state index is 0.644. The van der Waals surface area contributed by atoms with E-state index in [1.165, 1.54) is 11.1 Å². The molecule has 0 saturated carbocycles. The van der Waals surface area contributed by atoms with Crippen molar-refractivity contribution in [1.29, 1.82) is 0 Å². The van der Waals surface area contributed by atoms with Crippen molar-refractivity contribution >= 4 is 11.6 Å². The molecule has 0 atom stereocenters. The van der Waals surface area contributed by atoms with Crippen molar-refractivity contribution < 1.29 is 4.74 Å². The maximum absolute atomic E-state index is 6.08. The van der Waals surface area contributed by atoms with Gasteiger partial charge in [-0.15, -0.1) is 6.58 Å². The van der Waals surface area contributed by atoms with E-state index in [4.69, 9.17) is 16.3 Å². The second kappa shape index (κ2) is 5.82. The molecule has 82 valence electrons. The summed E-state index contributed by atoms with van der Waals surface area (Å²) < 4.78 is 5.37. The SMILES string of the molecule is C=C(C)CCc1ccc(OCC)c(Cl)c1. The molecule has 0 aromatic heterocycles. The summed E-state index contributed by atoms with van der Waals surface area (Å²) in [5.74, 6) is 0.762. The van der Waals surface area contributed by atoms with E-state index < -0.39 is 0 Å². The summed E-state index contributed by atoms with van der Waals surface area (Å²) >= 11 is 6.08. The topological polar surface area (TPSA) is 9.23 Å². The Morgan fingerprint density at radius 1 is 1.47 bits per heavy atom. The third-order valence-electron chi connectivity index (χ3n) is 2.14. The summed E-state index contributed by atoms with van der Waals surface area (Å²) in [4.78, 5) is 0.